The molecule has 0 amide bonds. The lowest BCUT2D eigenvalue weighted by molar-refractivity contribution is -0.136. The van der Waals surface area contributed by atoms with Crippen molar-refractivity contribution in [3.05, 3.63) is 30.0 Å². The van der Waals surface area contributed by atoms with Crippen LogP contribution < -0.4 is 0 Å². The van der Waals surface area contributed by atoms with Gasteiger partial charge in [-0.1, -0.05) is 17.3 Å². The number of rotatable bonds is 2. The summed E-state index contributed by atoms with van der Waals surface area (Å²) in [5.41, 5.74) is 1.10. The van der Waals surface area contributed by atoms with Crippen LogP contribution in [0.5, 0.6) is 0 Å². The number of aromatic nitrogens is 1. The number of carbonyl (C=O) groups is 1. The summed E-state index contributed by atoms with van der Waals surface area (Å²) in [5.74, 6) is -0.904. The molecule has 0 aliphatic rings. The van der Waals surface area contributed by atoms with Crippen molar-refractivity contribution in [2.75, 3.05) is 0 Å². The molecule has 5 heteroatoms. The average molecular weight is 258 g/mol. The number of halogens is 1. The third kappa shape index (κ3) is 1.93. The van der Waals surface area contributed by atoms with E-state index in [2.05, 4.69) is 5.16 Å². The van der Waals surface area contributed by atoms with E-state index in [-0.39, 0.29) is 23.4 Å². The fourth-order valence-corrected chi connectivity index (χ4v) is 1.21. The Labute approximate surface area is 90.3 Å². The Hall–Kier alpha value is -1.36. The zero-order chi connectivity index (χ0) is 9.26. The summed E-state index contributed by atoms with van der Waals surface area (Å²) in [6.07, 6.45) is -0.100. The van der Waals surface area contributed by atoms with Gasteiger partial charge in [0.1, 0.15) is 5.69 Å². The van der Waals surface area contributed by atoms with Crippen LogP contribution in [0.3, 0.4) is 0 Å². The van der Waals surface area contributed by atoms with E-state index < -0.39 is 5.97 Å². The fourth-order valence-electron chi connectivity index (χ4n) is 1.21. The molecule has 0 spiro atoms. The molecule has 1 heterocycles. The van der Waals surface area contributed by atoms with E-state index in [9.17, 15) is 4.79 Å². The SMILES string of the molecule is Br.O=C(O)Cc1noc2ccccc12. The first kappa shape index (κ1) is 10.7. The highest BCUT2D eigenvalue weighted by Crippen LogP contribution is 2.17. The molecule has 0 saturated heterocycles. The summed E-state index contributed by atoms with van der Waals surface area (Å²) in [7, 11) is 0. The van der Waals surface area contributed by atoms with E-state index >= 15 is 0 Å². The molecule has 1 N–H and O–H groups in total. The second-order valence-electron chi connectivity index (χ2n) is 2.70. The molecule has 0 saturated carbocycles. The molecule has 1 aromatic carbocycles. The first-order valence-electron chi connectivity index (χ1n) is 3.82. The summed E-state index contributed by atoms with van der Waals surface area (Å²) < 4.78 is 4.94. The van der Waals surface area contributed by atoms with E-state index in [1.807, 2.05) is 12.1 Å². The predicted octanol–water partition coefficient (Wildman–Crippen LogP) is 2.03. The number of nitrogens with zero attached hydrogens (tertiary/aromatic N) is 1. The summed E-state index contributed by atoms with van der Waals surface area (Å²) >= 11 is 0. The first-order chi connectivity index (χ1) is 6.27. The minimum atomic E-state index is -0.904. The second kappa shape index (κ2) is 4.23. The molecule has 0 fully saturated rings. The zero-order valence-corrected chi connectivity index (χ0v) is 8.85. The normalized spacial score (nSPS) is 9.71. The molecule has 0 aliphatic heterocycles. The van der Waals surface area contributed by atoms with Crippen molar-refractivity contribution < 1.29 is 14.4 Å². The van der Waals surface area contributed by atoms with E-state index in [1.54, 1.807) is 12.1 Å². The molecule has 14 heavy (non-hydrogen) atoms. The van der Waals surface area contributed by atoms with Gasteiger partial charge in [0, 0.05) is 5.39 Å². The standard InChI is InChI=1S/C9H7NO3.BrH/c11-9(12)5-7-6-3-1-2-4-8(6)13-10-7;/h1-4H,5H2,(H,11,12);1H. The molecule has 1 aromatic heterocycles. The Balaban J connectivity index is 0.000000980. The summed E-state index contributed by atoms with van der Waals surface area (Å²) in [5, 5.41) is 13.0. The van der Waals surface area contributed by atoms with Gasteiger partial charge in [0.25, 0.3) is 0 Å². The van der Waals surface area contributed by atoms with Crippen molar-refractivity contribution in [2.45, 2.75) is 6.42 Å². The van der Waals surface area contributed by atoms with Crippen LogP contribution >= 0.6 is 17.0 Å². The highest BCUT2D eigenvalue weighted by Gasteiger charge is 2.09. The topological polar surface area (TPSA) is 63.3 Å². The predicted molar refractivity (Wildman–Crippen MR) is 55.7 cm³/mol. The highest BCUT2D eigenvalue weighted by molar-refractivity contribution is 8.93. The van der Waals surface area contributed by atoms with Gasteiger partial charge in [-0.05, 0) is 12.1 Å². The lowest BCUT2D eigenvalue weighted by atomic mass is 10.2. The third-order valence-electron chi connectivity index (χ3n) is 1.77. The summed E-state index contributed by atoms with van der Waals surface area (Å²) in [6.45, 7) is 0. The number of hydrogen-bond donors (Lipinski definition) is 1. The lowest BCUT2D eigenvalue weighted by Crippen LogP contribution is -2.00. The summed E-state index contributed by atoms with van der Waals surface area (Å²) in [6, 6.07) is 7.20. The Morgan fingerprint density at radius 1 is 1.43 bits per heavy atom. The van der Waals surface area contributed by atoms with Crippen LogP contribution in [-0.2, 0) is 11.2 Å². The molecule has 74 valence electrons. The van der Waals surface area contributed by atoms with Gasteiger partial charge in [-0.2, -0.15) is 0 Å². The number of hydrogen-bond acceptors (Lipinski definition) is 3. The van der Waals surface area contributed by atoms with E-state index in [0.29, 0.717) is 11.3 Å². The van der Waals surface area contributed by atoms with Crippen LogP contribution in [-0.4, -0.2) is 16.2 Å². The Bertz CT molecular complexity index is 452. The Morgan fingerprint density at radius 3 is 2.86 bits per heavy atom. The van der Waals surface area contributed by atoms with Crippen LogP contribution in [0, 0.1) is 0 Å². The largest absolute Gasteiger partial charge is 0.481 e. The van der Waals surface area contributed by atoms with Gasteiger partial charge in [-0.25, -0.2) is 0 Å². The van der Waals surface area contributed by atoms with Gasteiger partial charge in [-0.15, -0.1) is 17.0 Å². The first-order valence-corrected chi connectivity index (χ1v) is 3.82. The quantitative estimate of drug-likeness (QED) is 0.895. The van der Waals surface area contributed by atoms with Crippen molar-refractivity contribution in [1.29, 1.82) is 0 Å². The molecular weight excluding hydrogens is 250 g/mol. The molecule has 2 aromatic rings. The van der Waals surface area contributed by atoms with Crippen LogP contribution in [0.25, 0.3) is 11.0 Å². The number of fused-ring (bicyclic) bond motifs is 1. The number of carboxylic acids is 1. The zero-order valence-electron chi connectivity index (χ0n) is 7.14. The van der Waals surface area contributed by atoms with Crippen molar-refractivity contribution in [1.82, 2.24) is 5.16 Å². The van der Waals surface area contributed by atoms with E-state index in [4.69, 9.17) is 9.63 Å². The van der Waals surface area contributed by atoms with Crippen molar-refractivity contribution in [3.63, 3.8) is 0 Å². The molecule has 0 unspecified atom stereocenters. The average Bonchev–Trinajstić information content (AvgIpc) is 2.48. The number of aliphatic carboxylic acids is 1. The maximum Gasteiger partial charge on any atom is 0.309 e. The van der Waals surface area contributed by atoms with Gasteiger partial charge >= 0.3 is 5.97 Å². The van der Waals surface area contributed by atoms with Gasteiger partial charge < -0.3 is 9.63 Å². The van der Waals surface area contributed by atoms with Crippen LogP contribution in [0.2, 0.25) is 0 Å². The van der Waals surface area contributed by atoms with Crippen LogP contribution in [0.15, 0.2) is 28.8 Å². The Kier molecular flexibility index (Phi) is 3.24. The summed E-state index contributed by atoms with van der Waals surface area (Å²) in [4.78, 5) is 10.4. The molecule has 0 aliphatic carbocycles. The fraction of sp³-hybridized carbons (Fsp3) is 0.111. The van der Waals surface area contributed by atoms with Crippen molar-refractivity contribution in [3.8, 4) is 0 Å². The molecule has 0 atom stereocenters. The maximum absolute atomic E-state index is 10.4. The van der Waals surface area contributed by atoms with Gasteiger partial charge in [-0.3, -0.25) is 4.79 Å². The van der Waals surface area contributed by atoms with E-state index in [1.165, 1.54) is 0 Å². The van der Waals surface area contributed by atoms with Gasteiger partial charge in [0.2, 0.25) is 0 Å². The van der Waals surface area contributed by atoms with E-state index in [0.717, 1.165) is 5.39 Å². The molecular formula is C9H8BrNO3. The highest BCUT2D eigenvalue weighted by atomic mass is 79.9. The number of carboxylic acid groups (broad SMARTS) is 1. The number of para-hydroxylation sites is 1. The molecule has 2 rings (SSSR count). The minimum Gasteiger partial charge on any atom is -0.481 e. The van der Waals surface area contributed by atoms with Crippen LogP contribution in [0.4, 0.5) is 0 Å². The van der Waals surface area contributed by atoms with Gasteiger partial charge in [0.15, 0.2) is 5.58 Å². The lowest BCUT2D eigenvalue weighted by Gasteiger charge is -1.88. The maximum atomic E-state index is 10.4. The monoisotopic (exact) mass is 257 g/mol. The smallest absolute Gasteiger partial charge is 0.309 e. The minimum absolute atomic E-state index is 0. The molecule has 0 radical (unpaired) electrons. The van der Waals surface area contributed by atoms with Crippen molar-refractivity contribution in [2.24, 2.45) is 0 Å². The van der Waals surface area contributed by atoms with Crippen LogP contribution in [0.1, 0.15) is 5.69 Å². The Morgan fingerprint density at radius 2 is 2.14 bits per heavy atom. The molecule has 0 bridgehead atoms. The van der Waals surface area contributed by atoms with Gasteiger partial charge in [0.05, 0.1) is 6.42 Å². The molecule has 4 nitrogen and oxygen atoms in total. The third-order valence-corrected chi connectivity index (χ3v) is 1.77. The number of benzene rings is 1. The second-order valence-corrected chi connectivity index (χ2v) is 2.70. The van der Waals surface area contributed by atoms with Crippen molar-refractivity contribution >= 4 is 33.9 Å².